The molecule has 0 unspecified atom stereocenters. The van der Waals surface area contributed by atoms with Crippen LogP contribution in [0.5, 0.6) is 11.5 Å². The number of hydrogen-bond acceptors (Lipinski definition) is 3. The summed E-state index contributed by atoms with van der Waals surface area (Å²) >= 11 is 0. The van der Waals surface area contributed by atoms with Crippen molar-refractivity contribution in [1.82, 2.24) is 9.88 Å². The highest BCUT2D eigenvalue weighted by molar-refractivity contribution is 5.84. The molecule has 0 saturated carbocycles. The minimum absolute atomic E-state index is 0.871. The number of fused-ring (bicyclic) bond motifs is 1. The largest absolute Gasteiger partial charge is 0.497 e. The molecule has 0 fully saturated rings. The van der Waals surface area contributed by atoms with Gasteiger partial charge in [-0.2, -0.15) is 0 Å². The van der Waals surface area contributed by atoms with Crippen molar-refractivity contribution in [3.63, 3.8) is 0 Å². The van der Waals surface area contributed by atoms with E-state index in [-0.39, 0.29) is 0 Å². The number of para-hydroxylation sites is 1. The summed E-state index contributed by atoms with van der Waals surface area (Å²) in [6.07, 6.45) is 3.08. The number of rotatable bonds is 7. The van der Waals surface area contributed by atoms with Crippen LogP contribution in [-0.2, 0) is 13.0 Å². The number of nitrogens with zero attached hydrogens (tertiary/aromatic N) is 1. The molecule has 0 amide bonds. The molecule has 0 saturated heterocycles. The van der Waals surface area contributed by atoms with Crippen LogP contribution >= 0.6 is 0 Å². The molecule has 126 valence electrons. The molecule has 4 nitrogen and oxygen atoms in total. The molecule has 0 aliphatic heterocycles. The highest BCUT2D eigenvalue weighted by Crippen LogP contribution is 2.24. The topological polar surface area (TPSA) is 37.5 Å². The van der Waals surface area contributed by atoms with Gasteiger partial charge in [0.15, 0.2) is 0 Å². The fraction of sp³-hybridized carbons (Fsp3) is 0.300. The first-order valence-electron chi connectivity index (χ1n) is 8.15. The lowest BCUT2D eigenvalue weighted by molar-refractivity contribution is 0.321. The van der Waals surface area contributed by atoms with E-state index in [9.17, 15) is 0 Å². The van der Waals surface area contributed by atoms with Crippen LogP contribution in [0.4, 0.5) is 0 Å². The lowest BCUT2D eigenvalue weighted by Gasteiger charge is -2.18. The Balaban J connectivity index is 1.67. The fourth-order valence-electron chi connectivity index (χ4n) is 3.01. The van der Waals surface area contributed by atoms with Gasteiger partial charge in [0, 0.05) is 35.8 Å². The molecule has 1 N–H and O–H groups in total. The van der Waals surface area contributed by atoms with Crippen LogP contribution in [0.1, 0.15) is 11.1 Å². The van der Waals surface area contributed by atoms with Gasteiger partial charge in [-0.05, 0) is 43.3 Å². The van der Waals surface area contributed by atoms with Crippen molar-refractivity contribution >= 4 is 10.9 Å². The zero-order valence-electron chi connectivity index (χ0n) is 14.5. The van der Waals surface area contributed by atoms with Crippen molar-refractivity contribution in [2.45, 2.75) is 13.0 Å². The van der Waals surface area contributed by atoms with Gasteiger partial charge in [0.05, 0.1) is 14.2 Å². The third-order valence-corrected chi connectivity index (χ3v) is 4.37. The Morgan fingerprint density at radius 2 is 1.83 bits per heavy atom. The van der Waals surface area contributed by atoms with Crippen molar-refractivity contribution in [3.8, 4) is 11.5 Å². The average molecular weight is 324 g/mol. The molecule has 0 spiro atoms. The van der Waals surface area contributed by atoms with Gasteiger partial charge in [0.25, 0.3) is 0 Å². The minimum atomic E-state index is 0.871. The summed E-state index contributed by atoms with van der Waals surface area (Å²) in [6, 6.07) is 14.3. The maximum Gasteiger partial charge on any atom is 0.123 e. The van der Waals surface area contributed by atoms with Crippen LogP contribution in [0.25, 0.3) is 10.9 Å². The predicted molar refractivity (Wildman–Crippen MR) is 97.9 cm³/mol. The standard InChI is InChI=1S/C20H24N2O2/c1-22(14-16-6-4-5-7-20(16)24-3)11-10-15-13-21-19-9-8-17(23-2)12-18(15)19/h4-9,12-13,21H,10-11,14H2,1-3H3. The predicted octanol–water partition coefficient (Wildman–Crippen LogP) is 3.86. The summed E-state index contributed by atoms with van der Waals surface area (Å²) in [5.74, 6) is 1.84. The highest BCUT2D eigenvalue weighted by Gasteiger charge is 2.09. The Morgan fingerprint density at radius 3 is 2.62 bits per heavy atom. The van der Waals surface area contributed by atoms with Gasteiger partial charge in [0.1, 0.15) is 11.5 Å². The van der Waals surface area contributed by atoms with Crippen LogP contribution in [0.15, 0.2) is 48.7 Å². The molecule has 1 heterocycles. The van der Waals surface area contributed by atoms with Crippen molar-refractivity contribution < 1.29 is 9.47 Å². The van der Waals surface area contributed by atoms with E-state index < -0.39 is 0 Å². The maximum atomic E-state index is 5.43. The summed E-state index contributed by atoms with van der Waals surface area (Å²) in [5.41, 5.74) is 3.68. The first kappa shape index (κ1) is 16.4. The van der Waals surface area contributed by atoms with Gasteiger partial charge in [0.2, 0.25) is 0 Å². The van der Waals surface area contributed by atoms with Crippen molar-refractivity contribution in [2.24, 2.45) is 0 Å². The fourth-order valence-corrected chi connectivity index (χ4v) is 3.01. The smallest absolute Gasteiger partial charge is 0.123 e. The summed E-state index contributed by atoms with van der Waals surface area (Å²) in [7, 11) is 5.56. The molecule has 0 atom stereocenters. The Hall–Kier alpha value is -2.46. The van der Waals surface area contributed by atoms with E-state index in [0.29, 0.717) is 0 Å². The zero-order valence-corrected chi connectivity index (χ0v) is 14.5. The molecule has 0 aliphatic carbocycles. The monoisotopic (exact) mass is 324 g/mol. The zero-order chi connectivity index (χ0) is 16.9. The number of benzene rings is 2. The molecule has 3 rings (SSSR count). The number of likely N-dealkylation sites (N-methyl/N-ethyl adjacent to an activating group) is 1. The van der Waals surface area contributed by atoms with E-state index in [2.05, 4.69) is 47.4 Å². The molecule has 0 aliphatic rings. The first-order chi connectivity index (χ1) is 11.7. The van der Waals surface area contributed by atoms with E-state index in [1.807, 2.05) is 18.2 Å². The Morgan fingerprint density at radius 1 is 1.00 bits per heavy atom. The van der Waals surface area contributed by atoms with Gasteiger partial charge in [-0.15, -0.1) is 0 Å². The molecule has 3 aromatic rings. The number of nitrogens with one attached hydrogen (secondary N) is 1. The molecule has 2 aromatic carbocycles. The molecule has 24 heavy (non-hydrogen) atoms. The van der Waals surface area contributed by atoms with Crippen LogP contribution in [0.3, 0.4) is 0 Å². The van der Waals surface area contributed by atoms with Crippen molar-refractivity contribution in [2.75, 3.05) is 27.8 Å². The summed E-state index contributed by atoms with van der Waals surface area (Å²) in [4.78, 5) is 5.65. The third kappa shape index (κ3) is 3.54. The second-order valence-electron chi connectivity index (χ2n) is 6.03. The number of aromatic nitrogens is 1. The van der Waals surface area contributed by atoms with E-state index in [1.54, 1.807) is 14.2 Å². The number of hydrogen-bond donors (Lipinski definition) is 1. The van der Waals surface area contributed by atoms with E-state index in [0.717, 1.165) is 36.5 Å². The number of methoxy groups -OCH3 is 2. The summed E-state index contributed by atoms with van der Waals surface area (Å²) in [6.45, 7) is 1.85. The van der Waals surface area contributed by atoms with Crippen LogP contribution < -0.4 is 9.47 Å². The first-order valence-corrected chi connectivity index (χ1v) is 8.15. The number of aromatic amines is 1. The van der Waals surface area contributed by atoms with E-state index in [1.165, 1.54) is 16.5 Å². The van der Waals surface area contributed by atoms with E-state index >= 15 is 0 Å². The molecular formula is C20H24N2O2. The van der Waals surface area contributed by atoms with Gasteiger partial charge in [-0.3, -0.25) is 0 Å². The van der Waals surface area contributed by atoms with Crippen molar-refractivity contribution in [3.05, 3.63) is 59.8 Å². The van der Waals surface area contributed by atoms with Gasteiger partial charge in [-0.1, -0.05) is 18.2 Å². The lowest BCUT2D eigenvalue weighted by Crippen LogP contribution is -2.21. The molecule has 0 bridgehead atoms. The average Bonchev–Trinajstić information content (AvgIpc) is 3.02. The lowest BCUT2D eigenvalue weighted by atomic mass is 10.1. The Kier molecular flexibility index (Phi) is 5.06. The Bertz CT molecular complexity index is 810. The second-order valence-corrected chi connectivity index (χ2v) is 6.03. The highest BCUT2D eigenvalue weighted by atomic mass is 16.5. The van der Waals surface area contributed by atoms with Gasteiger partial charge >= 0.3 is 0 Å². The molecule has 4 heteroatoms. The molecular weight excluding hydrogens is 300 g/mol. The van der Waals surface area contributed by atoms with Crippen molar-refractivity contribution in [1.29, 1.82) is 0 Å². The van der Waals surface area contributed by atoms with Gasteiger partial charge < -0.3 is 19.4 Å². The van der Waals surface area contributed by atoms with Crippen LogP contribution in [0.2, 0.25) is 0 Å². The second kappa shape index (κ2) is 7.41. The number of H-pyrrole nitrogens is 1. The Labute approximate surface area is 143 Å². The SMILES string of the molecule is COc1ccc2[nH]cc(CCN(C)Cc3ccccc3OC)c2c1. The summed E-state index contributed by atoms with van der Waals surface area (Å²) in [5, 5.41) is 1.24. The number of ether oxygens (including phenoxy) is 2. The minimum Gasteiger partial charge on any atom is -0.497 e. The van der Waals surface area contributed by atoms with E-state index in [4.69, 9.17) is 9.47 Å². The molecule has 0 radical (unpaired) electrons. The quantitative estimate of drug-likeness (QED) is 0.717. The normalized spacial score (nSPS) is 11.2. The van der Waals surface area contributed by atoms with Gasteiger partial charge in [-0.25, -0.2) is 0 Å². The van der Waals surface area contributed by atoms with Crippen LogP contribution in [0, 0.1) is 0 Å². The summed E-state index contributed by atoms with van der Waals surface area (Å²) < 4.78 is 10.8. The molecule has 1 aromatic heterocycles. The maximum absolute atomic E-state index is 5.43. The third-order valence-electron chi connectivity index (χ3n) is 4.37. The van der Waals surface area contributed by atoms with Crippen LogP contribution in [-0.4, -0.2) is 37.7 Å².